The lowest BCUT2D eigenvalue weighted by atomic mass is 10.0. The lowest BCUT2D eigenvalue weighted by molar-refractivity contribution is 0.0930. The highest BCUT2D eigenvalue weighted by molar-refractivity contribution is 7.80. The Kier molecular flexibility index (Phi) is 4.22. The first-order chi connectivity index (χ1) is 7.82. The zero-order chi connectivity index (χ0) is 13.2. The van der Waals surface area contributed by atoms with E-state index in [0.29, 0.717) is 10.7 Å². The van der Waals surface area contributed by atoms with E-state index in [-0.39, 0.29) is 17.9 Å². The van der Waals surface area contributed by atoms with Gasteiger partial charge >= 0.3 is 0 Å². The Morgan fingerprint density at radius 3 is 2.53 bits per heavy atom. The molecule has 1 aromatic rings. The van der Waals surface area contributed by atoms with Crippen LogP contribution in [0.25, 0.3) is 0 Å². The Morgan fingerprint density at radius 1 is 1.59 bits per heavy atom. The van der Waals surface area contributed by atoms with Crippen LogP contribution >= 0.6 is 12.2 Å². The van der Waals surface area contributed by atoms with Crippen LogP contribution in [0.3, 0.4) is 0 Å². The molecule has 0 spiro atoms. The van der Waals surface area contributed by atoms with Crippen LogP contribution in [-0.4, -0.2) is 26.7 Å². The van der Waals surface area contributed by atoms with E-state index in [1.165, 1.54) is 0 Å². The molecule has 3 N–H and O–H groups in total. The summed E-state index contributed by atoms with van der Waals surface area (Å²) in [7, 11) is 1.73. The van der Waals surface area contributed by atoms with Gasteiger partial charge in [-0.3, -0.25) is 9.48 Å². The van der Waals surface area contributed by atoms with Crippen molar-refractivity contribution in [2.45, 2.75) is 26.8 Å². The fourth-order valence-electron chi connectivity index (χ4n) is 1.60. The predicted octanol–water partition coefficient (Wildman–Crippen LogP) is 0.769. The van der Waals surface area contributed by atoms with Gasteiger partial charge in [0.05, 0.1) is 16.7 Å². The van der Waals surface area contributed by atoms with Crippen molar-refractivity contribution in [3.8, 4) is 0 Å². The van der Waals surface area contributed by atoms with Gasteiger partial charge in [0, 0.05) is 7.05 Å². The molecular weight excluding hydrogens is 236 g/mol. The summed E-state index contributed by atoms with van der Waals surface area (Å²) in [6.45, 7) is 5.75. The highest BCUT2D eigenvalue weighted by Crippen LogP contribution is 2.06. The van der Waals surface area contributed by atoms with E-state index in [1.807, 2.05) is 20.8 Å². The van der Waals surface area contributed by atoms with Crippen molar-refractivity contribution in [1.29, 1.82) is 0 Å². The maximum Gasteiger partial charge on any atom is 0.270 e. The van der Waals surface area contributed by atoms with E-state index in [4.69, 9.17) is 18.0 Å². The Bertz CT molecular complexity index is 439. The van der Waals surface area contributed by atoms with Crippen molar-refractivity contribution >= 4 is 23.1 Å². The molecule has 1 amide bonds. The smallest absolute Gasteiger partial charge is 0.270 e. The third-order valence-electron chi connectivity index (χ3n) is 2.49. The predicted molar refractivity (Wildman–Crippen MR) is 70.8 cm³/mol. The van der Waals surface area contributed by atoms with Gasteiger partial charge < -0.3 is 11.1 Å². The standard InChI is InChI=1S/C11H18N4OS/c1-6(2)9(10(12)17)13-11(16)8-5-7(3)14-15(8)4/h5-6,9H,1-4H3,(H2,12,17)(H,13,16). The Morgan fingerprint density at radius 2 is 2.18 bits per heavy atom. The van der Waals surface area contributed by atoms with E-state index >= 15 is 0 Å². The number of amides is 1. The molecule has 1 heterocycles. The Balaban J connectivity index is 2.85. The topological polar surface area (TPSA) is 72.9 Å². The van der Waals surface area contributed by atoms with E-state index in [2.05, 4.69) is 10.4 Å². The second kappa shape index (κ2) is 5.27. The number of nitrogens with one attached hydrogen (secondary N) is 1. The van der Waals surface area contributed by atoms with E-state index in [1.54, 1.807) is 17.8 Å². The van der Waals surface area contributed by atoms with Crippen LogP contribution < -0.4 is 11.1 Å². The number of thiocarbonyl (C=S) groups is 1. The van der Waals surface area contributed by atoms with Crippen molar-refractivity contribution in [3.05, 3.63) is 17.5 Å². The highest BCUT2D eigenvalue weighted by Gasteiger charge is 2.21. The zero-order valence-corrected chi connectivity index (χ0v) is 11.3. The molecule has 1 atom stereocenters. The average Bonchev–Trinajstić information content (AvgIpc) is 2.53. The fourth-order valence-corrected chi connectivity index (χ4v) is 1.94. The molecule has 0 radical (unpaired) electrons. The second-order valence-electron chi connectivity index (χ2n) is 4.39. The maximum atomic E-state index is 12.0. The number of nitrogens with two attached hydrogens (primary N) is 1. The molecule has 0 fully saturated rings. The minimum absolute atomic E-state index is 0.158. The summed E-state index contributed by atoms with van der Waals surface area (Å²) in [4.78, 5) is 12.3. The lowest BCUT2D eigenvalue weighted by Crippen LogP contribution is -2.47. The monoisotopic (exact) mass is 254 g/mol. The lowest BCUT2D eigenvalue weighted by Gasteiger charge is -2.20. The molecule has 1 unspecified atom stereocenters. The van der Waals surface area contributed by atoms with Gasteiger partial charge in [0.15, 0.2) is 0 Å². The number of rotatable bonds is 4. The minimum Gasteiger partial charge on any atom is -0.392 e. The molecule has 1 aromatic heterocycles. The van der Waals surface area contributed by atoms with Crippen molar-refractivity contribution in [3.63, 3.8) is 0 Å². The minimum atomic E-state index is -0.298. The summed E-state index contributed by atoms with van der Waals surface area (Å²) in [5.74, 6) is -0.0506. The van der Waals surface area contributed by atoms with Gasteiger partial charge in [-0.15, -0.1) is 0 Å². The zero-order valence-electron chi connectivity index (χ0n) is 10.5. The molecule has 0 aliphatic heterocycles. The molecule has 6 heteroatoms. The van der Waals surface area contributed by atoms with Crippen molar-refractivity contribution in [2.75, 3.05) is 0 Å². The van der Waals surface area contributed by atoms with Crippen molar-refractivity contribution in [1.82, 2.24) is 15.1 Å². The third kappa shape index (κ3) is 3.26. The van der Waals surface area contributed by atoms with Gasteiger partial charge in [0.25, 0.3) is 5.91 Å². The van der Waals surface area contributed by atoms with Crippen LogP contribution in [0.2, 0.25) is 0 Å². The molecule has 0 aliphatic rings. The van der Waals surface area contributed by atoms with Gasteiger partial charge in [-0.1, -0.05) is 26.1 Å². The van der Waals surface area contributed by atoms with Crippen LogP contribution in [0.15, 0.2) is 6.07 Å². The SMILES string of the molecule is Cc1cc(C(=O)NC(C(N)=S)C(C)C)n(C)n1. The fraction of sp³-hybridized carbons (Fsp3) is 0.545. The van der Waals surface area contributed by atoms with E-state index in [0.717, 1.165) is 5.69 Å². The molecule has 0 aliphatic carbocycles. The Labute approximate surface area is 106 Å². The summed E-state index contributed by atoms with van der Waals surface area (Å²) in [6.07, 6.45) is 0. The number of aromatic nitrogens is 2. The van der Waals surface area contributed by atoms with Gasteiger partial charge in [-0.2, -0.15) is 5.10 Å². The first-order valence-electron chi connectivity index (χ1n) is 5.43. The summed E-state index contributed by atoms with van der Waals surface area (Å²) < 4.78 is 1.54. The summed E-state index contributed by atoms with van der Waals surface area (Å²) in [6, 6.07) is 1.43. The molecule has 1 rings (SSSR count). The number of carbonyl (C=O) groups excluding carboxylic acids is 1. The maximum absolute atomic E-state index is 12.0. The number of aryl methyl sites for hydroxylation is 2. The number of hydrogen-bond donors (Lipinski definition) is 2. The average molecular weight is 254 g/mol. The molecule has 5 nitrogen and oxygen atoms in total. The van der Waals surface area contributed by atoms with Gasteiger partial charge in [-0.25, -0.2) is 0 Å². The van der Waals surface area contributed by atoms with Gasteiger partial charge in [0.2, 0.25) is 0 Å². The van der Waals surface area contributed by atoms with Gasteiger partial charge in [0.1, 0.15) is 5.69 Å². The van der Waals surface area contributed by atoms with Crippen LogP contribution in [0.1, 0.15) is 30.0 Å². The van der Waals surface area contributed by atoms with Gasteiger partial charge in [-0.05, 0) is 18.9 Å². The highest BCUT2D eigenvalue weighted by atomic mass is 32.1. The molecular formula is C11H18N4OS. The molecule has 17 heavy (non-hydrogen) atoms. The van der Waals surface area contributed by atoms with Crippen LogP contribution in [0.4, 0.5) is 0 Å². The normalized spacial score (nSPS) is 12.5. The first-order valence-corrected chi connectivity index (χ1v) is 5.84. The summed E-state index contributed by atoms with van der Waals surface area (Å²) in [5, 5.41) is 6.94. The quantitative estimate of drug-likeness (QED) is 0.778. The largest absolute Gasteiger partial charge is 0.392 e. The molecule has 0 bridgehead atoms. The Hall–Kier alpha value is -1.43. The van der Waals surface area contributed by atoms with E-state index < -0.39 is 0 Å². The molecule has 0 saturated heterocycles. The number of hydrogen-bond acceptors (Lipinski definition) is 3. The first kappa shape index (κ1) is 13.6. The molecule has 0 aromatic carbocycles. The number of carbonyl (C=O) groups is 1. The van der Waals surface area contributed by atoms with Crippen molar-refractivity contribution in [2.24, 2.45) is 18.7 Å². The molecule has 0 saturated carbocycles. The van der Waals surface area contributed by atoms with Crippen LogP contribution in [0.5, 0.6) is 0 Å². The molecule has 94 valence electrons. The van der Waals surface area contributed by atoms with Crippen molar-refractivity contribution < 1.29 is 4.79 Å². The van der Waals surface area contributed by atoms with E-state index in [9.17, 15) is 4.79 Å². The summed E-state index contributed by atoms with van der Waals surface area (Å²) >= 11 is 4.94. The van der Waals surface area contributed by atoms with Crippen LogP contribution in [-0.2, 0) is 7.05 Å². The van der Waals surface area contributed by atoms with Crippen LogP contribution in [0, 0.1) is 12.8 Å². The second-order valence-corrected chi connectivity index (χ2v) is 4.86. The number of nitrogens with zero attached hydrogens (tertiary/aromatic N) is 2. The summed E-state index contributed by atoms with van der Waals surface area (Å²) in [5.41, 5.74) is 6.91. The third-order valence-corrected chi connectivity index (χ3v) is 2.75.